The van der Waals surface area contributed by atoms with E-state index in [1.807, 2.05) is 30.3 Å². The standard InChI is InChI=1S/C15H21N3O4S/c19-13(18-9-15(21)22)8-16-6-7-17-14(20)11-23-10-12-4-2-1-3-5-12/h1-5,16H,6-11H2,(H,17,20)(H,18,19)(H,21,22). The van der Waals surface area contributed by atoms with Gasteiger partial charge in [-0.25, -0.2) is 0 Å². The maximum atomic E-state index is 11.6. The fourth-order valence-corrected chi connectivity index (χ4v) is 2.43. The summed E-state index contributed by atoms with van der Waals surface area (Å²) in [7, 11) is 0. The molecule has 0 unspecified atom stereocenters. The van der Waals surface area contributed by atoms with Crippen molar-refractivity contribution >= 4 is 29.5 Å². The van der Waals surface area contributed by atoms with Crippen molar-refractivity contribution in [3.05, 3.63) is 35.9 Å². The minimum atomic E-state index is -1.08. The number of hydrogen-bond donors (Lipinski definition) is 4. The zero-order valence-corrected chi connectivity index (χ0v) is 13.5. The molecular weight excluding hydrogens is 318 g/mol. The number of carboxylic acid groups (broad SMARTS) is 1. The first-order chi connectivity index (χ1) is 11.1. The predicted molar refractivity (Wildman–Crippen MR) is 89.1 cm³/mol. The molecule has 2 amide bonds. The summed E-state index contributed by atoms with van der Waals surface area (Å²) in [5.41, 5.74) is 1.18. The number of benzene rings is 1. The van der Waals surface area contributed by atoms with E-state index in [0.29, 0.717) is 18.8 Å². The summed E-state index contributed by atoms with van der Waals surface area (Å²) in [5.74, 6) is -0.358. The van der Waals surface area contributed by atoms with E-state index in [-0.39, 0.29) is 12.5 Å². The molecule has 126 valence electrons. The highest BCUT2D eigenvalue weighted by molar-refractivity contribution is 7.99. The molecule has 4 N–H and O–H groups in total. The molecule has 0 aliphatic heterocycles. The van der Waals surface area contributed by atoms with Gasteiger partial charge in [0.1, 0.15) is 6.54 Å². The van der Waals surface area contributed by atoms with Crippen molar-refractivity contribution < 1.29 is 19.5 Å². The summed E-state index contributed by atoms with van der Waals surface area (Å²) in [6, 6.07) is 9.92. The van der Waals surface area contributed by atoms with Crippen LogP contribution in [0.2, 0.25) is 0 Å². The van der Waals surface area contributed by atoms with Crippen LogP contribution in [-0.4, -0.2) is 54.8 Å². The van der Waals surface area contributed by atoms with Crippen molar-refractivity contribution in [2.45, 2.75) is 5.75 Å². The number of amides is 2. The maximum absolute atomic E-state index is 11.6. The first-order valence-electron chi connectivity index (χ1n) is 7.15. The van der Waals surface area contributed by atoms with Gasteiger partial charge in [-0.15, -0.1) is 11.8 Å². The fraction of sp³-hybridized carbons (Fsp3) is 0.400. The van der Waals surface area contributed by atoms with Gasteiger partial charge in [-0.1, -0.05) is 30.3 Å². The normalized spacial score (nSPS) is 10.1. The van der Waals surface area contributed by atoms with E-state index < -0.39 is 18.4 Å². The molecule has 0 heterocycles. The Kier molecular flexibility index (Phi) is 9.49. The van der Waals surface area contributed by atoms with E-state index >= 15 is 0 Å². The third-order valence-corrected chi connectivity index (χ3v) is 3.69. The molecule has 1 rings (SSSR count). The molecule has 0 aliphatic rings. The molecule has 0 aromatic heterocycles. The lowest BCUT2D eigenvalue weighted by molar-refractivity contribution is -0.137. The Bertz CT molecular complexity index is 511. The number of rotatable bonds is 11. The number of carbonyl (C=O) groups is 3. The van der Waals surface area contributed by atoms with Crippen LogP contribution in [0.25, 0.3) is 0 Å². The topological polar surface area (TPSA) is 108 Å². The first kappa shape index (κ1) is 19.0. The minimum absolute atomic E-state index is 0.0197. The van der Waals surface area contributed by atoms with Gasteiger partial charge >= 0.3 is 5.97 Å². The third kappa shape index (κ3) is 10.3. The van der Waals surface area contributed by atoms with E-state index in [1.165, 1.54) is 5.56 Å². The Hall–Kier alpha value is -2.06. The molecule has 0 aliphatic carbocycles. The van der Waals surface area contributed by atoms with Crippen molar-refractivity contribution in [1.29, 1.82) is 0 Å². The van der Waals surface area contributed by atoms with Gasteiger partial charge in [-0.3, -0.25) is 14.4 Å². The van der Waals surface area contributed by atoms with E-state index in [9.17, 15) is 14.4 Å². The Morgan fingerprint density at radius 2 is 1.70 bits per heavy atom. The summed E-state index contributed by atoms with van der Waals surface area (Å²) < 4.78 is 0. The molecule has 1 aromatic rings. The number of thioether (sulfide) groups is 1. The second-order valence-electron chi connectivity index (χ2n) is 4.68. The largest absolute Gasteiger partial charge is 0.480 e. The smallest absolute Gasteiger partial charge is 0.322 e. The molecule has 0 radical (unpaired) electrons. The fourth-order valence-electron chi connectivity index (χ4n) is 1.62. The van der Waals surface area contributed by atoms with Gasteiger partial charge in [0.15, 0.2) is 0 Å². The summed E-state index contributed by atoms with van der Waals surface area (Å²) in [4.78, 5) is 33.0. The van der Waals surface area contributed by atoms with E-state index in [2.05, 4.69) is 16.0 Å². The number of nitrogens with one attached hydrogen (secondary N) is 3. The molecule has 23 heavy (non-hydrogen) atoms. The first-order valence-corrected chi connectivity index (χ1v) is 8.31. The number of hydrogen-bond acceptors (Lipinski definition) is 5. The lowest BCUT2D eigenvalue weighted by Crippen LogP contribution is -2.39. The Morgan fingerprint density at radius 1 is 0.957 bits per heavy atom. The predicted octanol–water partition coefficient (Wildman–Crippen LogP) is -0.174. The number of carbonyl (C=O) groups excluding carboxylic acids is 2. The van der Waals surface area contributed by atoms with Crippen LogP contribution in [0.4, 0.5) is 0 Å². The maximum Gasteiger partial charge on any atom is 0.322 e. The number of carboxylic acids is 1. The van der Waals surface area contributed by atoms with Gasteiger partial charge in [0.25, 0.3) is 0 Å². The van der Waals surface area contributed by atoms with Crippen LogP contribution in [0, 0.1) is 0 Å². The quantitative estimate of drug-likeness (QED) is 0.417. The van der Waals surface area contributed by atoms with Gasteiger partial charge in [0.05, 0.1) is 12.3 Å². The van der Waals surface area contributed by atoms with Crippen molar-refractivity contribution in [2.24, 2.45) is 0 Å². The number of aliphatic carboxylic acids is 1. The van der Waals surface area contributed by atoms with Crippen LogP contribution in [0.5, 0.6) is 0 Å². The van der Waals surface area contributed by atoms with Gasteiger partial charge in [-0.2, -0.15) is 0 Å². The van der Waals surface area contributed by atoms with Crippen LogP contribution >= 0.6 is 11.8 Å². The molecule has 0 fully saturated rings. The Morgan fingerprint density at radius 3 is 2.39 bits per heavy atom. The third-order valence-electron chi connectivity index (χ3n) is 2.69. The van der Waals surface area contributed by atoms with E-state index in [4.69, 9.17) is 5.11 Å². The van der Waals surface area contributed by atoms with Crippen molar-refractivity contribution in [1.82, 2.24) is 16.0 Å². The second-order valence-corrected chi connectivity index (χ2v) is 5.66. The molecular formula is C15H21N3O4S. The average molecular weight is 339 g/mol. The SMILES string of the molecule is O=C(O)CNC(=O)CNCCNC(=O)CSCc1ccccc1. The van der Waals surface area contributed by atoms with Crippen LogP contribution in [-0.2, 0) is 20.1 Å². The van der Waals surface area contributed by atoms with E-state index in [1.54, 1.807) is 11.8 Å². The zero-order chi connectivity index (χ0) is 16.9. The zero-order valence-electron chi connectivity index (χ0n) is 12.7. The molecule has 1 aromatic carbocycles. The van der Waals surface area contributed by atoms with Gasteiger partial charge in [0.2, 0.25) is 11.8 Å². The molecule has 0 bridgehead atoms. The van der Waals surface area contributed by atoms with Crippen LogP contribution < -0.4 is 16.0 Å². The highest BCUT2D eigenvalue weighted by atomic mass is 32.2. The Balaban J connectivity index is 1.97. The minimum Gasteiger partial charge on any atom is -0.480 e. The molecule has 8 heteroatoms. The van der Waals surface area contributed by atoms with E-state index in [0.717, 1.165) is 5.75 Å². The van der Waals surface area contributed by atoms with Gasteiger partial charge < -0.3 is 21.1 Å². The van der Waals surface area contributed by atoms with Crippen molar-refractivity contribution in [3.8, 4) is 0 Å². The van der Waals surface area contributed by atoms with Crippen LogP contribution in [0.15, 0.2) is 30.3 Å². The summed E-state index contributed by atoms with van der Waals surface area (Å²) in [6.07, 6.45) is 0. The summed E-state index contributed by atoms with van der Waals surface area (Å²) in [6.45, 7) is 0.480. The Labute approximate surface area is 139 Å². The highest BCUT2D eigenvalue weighted by Crippen LogP contribution is 2.10. The summed E-state index contributed by atoms with van der Waals surface area (Å²) in [5, 5.41) is 16.2. The molecule has 0 saturated heterocycles. The molecule has 7 nitrogen and oxygen atoms in total. The highest BCUT2D eigenvalue weighted by Gasteiger charge is 2.04. The monoisotopic (exact) mass is 339 g/mol. The molecule has 0 saturated carbocycles. The molecule has 0 atom stereocenters. The van der Waals surface area contributed by atoms with Crippen LogP contribution in [0.1, 0.15) is 5.56 Å². The lowest BCUT2D eigenvalue weighted by Gasteiger charge is -2.07. The van der Waals surface area contributed by atoms with Gasteiger partial charge in [0, 0.05) is 18.8 Å². The van der Waals surface area contributed by atoms with Crippen molar-refractivity contribution in [3.63, 3.8) is 0 Å². The van der Waals surface area contributed by atoms with Crippen molar-refractivity contribution in [2.75, 3.05) is 31.9 Å². The van der Waals surface area contributed by atoms with Crippen LogP contribution in [0.3, 0.4) is 0 Å². The molecule has 0 spiro atoms. The second kappa shape index (κ2) is 11.5. The van der Waals surface area contributed by atoms with Gasteiger partial charge in [-0.05, 0) is 5.56 Å². The average Bonchev–Trinajstić information content (AvgIpc) is 2.53. The summed E-state index contributed by atoms with van der Waals surface area (Å²) >= 11 is 1.54. The lowest BCUT2D eigenvalue weighted by atomic mass is 10.2.